The highest BCUT2D eigenvalue weighted by Crippen LogP contribution is 2.36. The average Bonchev–Trinajstić information content (AvgIpc) is 2.99. The zero-order valence-corrected chi connectivity index (χ0v) is 14.6. The highest BCUT2D eigenvalue weighted by Gasteiger charge is 2.32. The van der Waals surface area contributed by atoms with Crippen LogP contribution in [0.1, 0.15) is 11.1 Å². The molecule has 0 saturated carbocycles. The standard InChI is InChI=1S/C18H15ClN2O2S/c1-12-4-5-13-8-10-21(16(13)11-12)24(22,23)17-7-6-15(19)18-14(17)3-2-9-20-18/h2-7,9,11H,8,10H2,1H3. The molecule has 122 valence electrons. The van der Waals surface area contributed by atoms with E-state index in [2.05, 4.69) is 4.98 Å². The molecule has 1 aromatic heterocycles. The lowest BCUT2D eigenvalue weighted by Gasteiger charge is -2.21. The Morgan fingerprint density at radius 2 is 2.00 bits per heavy atom. The van der Waals surface area contributed by atoms with E-state index in [0.29, 0.717) is 22.5 Å². The lowest BCUT2D eigenvalue weighted by Crippen LogP contribution is -2.29. The van der Waals surface area contributed by atoms with Crippen LogP contribution in [-0.4, -0.2) is 19.9 Å². The van der Waals surface area contributed by atoms with Gasteiger partial charge in [0, 0.05) is 18.1 Å². The van der Waals surface area contributed by atoms with Crippen LogP contribution in [0.5, 0.6) is 0 Å². The molecule has 24 heavy (non-hydrogen) atoms. The van der Waals surface area contributed by atoms with Gasteiger partial charge in [-0.25, -0.2) is 8.42 Å². The minimum atomic E-state index is -3.68. The SMILES string of the molecule is Cc1ccc2c(c1)N(S(=O)(=O)c1ccc(Cl)c3ncccc13)CC2. The maximum Gasteiger partial charge on any atom is 0.265 e. The molecule has 0 fully saturated rings. The summed E-state index contributed by atoms with van der Waals surface area (Å²) in [5, 5.41) is 0.994. The number of hydrogen-bond donors (Lipinski definition) is 0. The molecule has 0 N–H and O–H groups in total. The zero-order chi connectivity index (χ0) is 16.9. The molecule has 3 aromatic rings. The predicted molar refractivity (Wildman–Crippen MR) is 96.2 cm³/mol. The summed E-state index contributed by atoms with van der Waals surface area (Å²) in [6, 6.07) is 12.6. The number of fused-ring (bicyclic) bond motifs is 2. The fourth-order valence-corrected chi connectivity index (χ4v) is 5.06. The number of aromatic nitrogens is 1. The summed E-state index contributed by atoms with van der Waals surface area (Å²) in [6.07, 6.45) is 2.33. The van der Waals surface area contributed by atoms with Gasteiger partial charge in [0.2, 0.25) is 0 Å². The molecule has 6 heteroatoms. The summed E-state index contributed by atoms with van der Waals surface area (Å²) in [5.74, 6) is 0. The van der Waals surface area contributed by atoms with E-state index < -0.39 is 10.0 Å². The molecule has 2 heterocycles. The van der Waals surface area contributed by atoms with E-state index in [4.69, 9.17) is 11.6 Å². The van der Waals surface area contributed by atoms with Crippen LogP contribution in [-0.2, 0) is 16.4 Å². The third kappa shape index (κ3) is 2.27. The number of nitrogens with zero attached hydrogens (tertiary/aromatic N) is 2. The van der Waals surface area contributed by atoms with Crippen LogP contribution in [0.4, 0.5) is 5.69 Å². The monoisotopic (exact) mass is 358 g/mol. The first-order valence-corrected chi connectivity index (χ1v) is 9.46. The second-order valence-corrected chi connectivity index (χ2v) is 8.14. The Bertz CT molecular complexity index is 1060. The number of rotatable bonds is 2. The quantitative estimate of drug-likeness (QED) is 0.697. The molecule has 4 nitrogen and oxygen atoms in total. The molecular formula is C18H15ClN2O2S. The second-order valence-electron chi connectivity index (χ2n) is 5.90. The van der Waals surface area contributed by atoms with Gasteiger partial charge in [-0.1, -0.05) is 23.7 Å². The average molecular weight is 359 g/mol. The maximum absolute atomic E-state index is 13.3. The molecule has 0 radical (unpaired) electrons. The first-order valence-electron chi connectivity index (χ1n) is 7.64. The molecule has 0 aliphatic carbocycles. The Morgan fingerprint density at radius 1 is 1.17 bits per heavy atom. The van der Waals surface area contributed by atoms with E-state index in [-0.39, 0.29) is 4.90 Å². The number of halogens is 1. The molecule has 0 unspecified atom stereocenters. The van der Waals surface area contributed by atoms with Crippen molar-refractivity contribution in [2.75, 3.05) is 10.8 Å². The largest absolute Gasteiger partial charge is 0.266 e. The summed E-state index contributed by atoms with van der Waals surface area (Å²) in [5.41, 5.74) is 3.37. The normalized spacial score (nSPS) is 14.2. The summed E-state index contributed by atoms with van der Waals surface area (Å²) < 4.78 is 28.1. The van der Waals surface area contributed by atoms with E-state index >= 15 is 0 Å². The first-order chi connectivity index (χ1) is 11.5. The molecule has 1 aliphatic heterocycles. The van der Waals surface area contributed by atoms with Crippen LogP contribution in [0.2, 0.25) is 5.02 Å². The van der Waals surface area contributed by atoms with Crippen LogP contribution in [0, 0.1) is 6.92 Å². The highest BCUT2D eigenvalue weighted by molar-refractivity contribution is 7.93. The molecule has 0 saturated heterocycles. The lowest BCUT2D eigenvalue weighted by molar-refractivity contribution is 0.593. The predicted octanol–water partition coefficient (Wildman–Crippen LogP) is 3.95. The van der Waals surface area contributed by atoms with Gasteiger partial charge in [0.1, 0.15) is 0 Å². The number of pyridine rings is 1. The lowest BCUT2D eigenvalue weighted by atomic mass is 10.1. The number of aryl methyl sites for hydroxylation is 1. The third-order valence-electron chi connectivity index (χ3n) is 4.34. The number of anilines is 1. The van der Waals surface area contributed by atoms with Crippen molar-refractivity contribution in [3.8, 4) is 0 Å². The maximum atomic E-state index is 13.3. The fraction of sp³-hybridized carbons (Fsp3) is 0.167. The first kappa shape index (κ1) is 15.4. The number of benzene rings is 2. The molecule has 0 spiro atoms. The van der Waals surface area contributed by atoms with Crippen LogP contribution in [0.3, 0.4) is 0 Å². The van der Waals surface area contributed by atoms with Gasteiger partial charge < -0.3 is 0 Å². The van der Waals surface area contributed by atoms with Gasteiger partial charge in [0.15, 0.2) is 0 Å². The van der Waals surface area contributed by atoms with Gasteiger partial charge >= 0.3 is 0 Å². The van der Waals surface area contributed by atoms with Gasteiger partial charge in [0.05, 0.1) is 21.1 Å². The number of hydrogen-bond acceptors (Lipinski definition) is 3. The Kier molecular flexibility index (Phi) is 3.51. The van der Waals surface area contributed by atoms with Crippen molar-refractivity contribution in [1.29, 1.82) is 0 Å². The van der Waals surface area contributed by atoms with Crippen molar-refractivity contribution < 1.29 is 8.42 Å². The number of sulfonamides is 1. The Morgan fingerprint density at radius 3 is 2.83 bits per heavy atom. The van der Waals surface area contributed by atoms with Crippen LogP contribution < -0.4 is 4.31 Å². The van der Waals surface area contributed by atoms with Gasteiger partial charge in [-0.05, 0) is 54.8 Å². The van der Waals surface area contributed by atoms with Crippen LogP contribution in [0.25, 0.3) is 10.9 Å². The van der Waals surface area contributed by atoms with Crippen molar-refractivity contribution in [3.63, 3.8) is 0 Å². The molecule has 2 aromatic carbocycles. The minimum Gasteiger partial charge on any atom is -0.266 e. The van der Waals surface area contributed by atoms with Crippen molar-refractivity contribution in [2.45, 2.75) is 18.2 Å². The Hall–Kier alpha value is -2.11. The van der Waals surface area contributed by atoms with Crippen LogP contribution in [0.15, 0.2) is 53.6 Å². The Labute approximate surface area is 145 Å². The van der Waals surface area contributed by atoms with E-state index in [1.807, 2.05) is 25.1 Å². The Balaban J connectivity index is 1.93. The molecule has 0 atom stereocenters. The van der Waals surface area contributed by atoms with E-state index in [1.54, 1.807) is 30.5 Å². The van der Waals surface area contributed by atoms with E-state index in [0.717, 1.165) is 23.2 Å². The van der Waals surface area contributed by atoms with Crippen molar-refractivity contribution >= 4 is 38.2 Å². The molecule has 0 bridgehead atoms. The smallest absolute Gasteiger partial charge is 0.265 e. The van der Waals surface area contributed by atoms with Crippen LogP contribution >= 0.6 is 11.6 Å². The summed E-state index contributed by atoms with van der Waals surface area (Å²) in [7, 11) is -3.68. The van der Waals surface area contributed by atoms with E-state index in [1.165, 1.54) is 4.31 Å². The van der Waals surface area contributed by atoms with Crippen molar-refractivity contribution in [2.24, 2.45) is 0 Å². The van der Waals surface area contributed by atoms with Gasteiger partial charge in [-0.15, -0.1) is 0 Å². The molecule has 1 aliphatic rings. The van der Waals surface area contributed by atoms with Crippen molar-refractivity contribution in [1.82, 2.24) is 4.98 Å². The fourth-order valence-electron chi connectivity index (χ4n) is 3.17. The second kappa shape index (κ2) is 5.46. The molecule has 4 rings (SSSR count). The van der Waals surface area contributed by atoms with Gasteiger partial charge in [0.25, 0.3) is 10.0 Å². The molecule has 0 amide bonds. The third-order valence-corrected chi connectivity index (χ3v) is 6.52. The van der Waals surface area contributed by atoms with Gasteiger partial charge in [-0.3, -0.25) is 9.29 Å². The summed E-state index contributed by atoms with van der Waals surface area (Å²) in [4.78, 5) is 4.47. The minimum absolute atomic E-state index is 0.240. The highest BCUT2D eigenvalue weighted by atomic mass is 35.5. The summed E-state index contributed by atoms with van der Waals surface area (Å²) >= 11 is 6.17. The van der Waals surface area contributed by atoms with Gasteiger partial charge in [-0.2, -0.15) is 0 Å². The summed E-state index contributed by atoms with van der Waals surface area (Å²) in [6.45, 7) is 2.41. The van der Waals surface area contributed by atoms with E-state index in [9.17, 15) is 8.42 Å². The topological polar surface area (TPSA) is 50.3 Å². The van der Waals surface area contributed by atoms with Crippen molar-refractivity contribution in [3.05, 3.63) is 64.8 Å². The zero-order valence-electron chi connectivity index (χ0n) is 13.0. The molecular weight excluding hydrogens is 344 g/mol.